The minimum absolute atomic E-state index is 0.0228. The van der Waals surface area contributed by atoms with Crippen LogP contribution in [0.5, 0.6) is 0 Å². The average Bonchev–Trinajstić information content (AvgIpc) is 2.49. The van der Waals surface area contributed by atoms with Gasteiger partial charge in [0.05, 0.1) is 10.7 Å². The molecule has 1 rings (SSSR count). The molecule has 1 atom stereocenters. The Morgan fingerprint density at radius 1 is 1.52 bits per heavy atom. The third kappa shape index (κ3) is 6.59. The van der Waals surface area contributed by atoms with Gasteiger partial charge in [-0.25, -0.2) is 0 Å². The first-order valence-corrected chi connectivity index (χ1v) is 7.71. The molecule has 0 saturated heterocycles. The summed E-state index contributed by atoms with van der Waals surface area (Å²) in [7, 11) is 1.62. The van der Waals surface area contributed by atoms with Crippen LogP contribution in [-0.4, -0.2) is 36.8 Å². The summed E-state index contributed by atoms with van der Waals surface area (Å²) in [6, 6.07) is 6.51. The highest BCUT2D eigenvalue weighted by Crippen LogP contribution is 2.29. The molecule has 1 N–H and O–H groups in total. The average molecular weight is 312 g/mol. The number of thioether (sulfide) groups is 1. The smallest absolute Gasteiger partial charge is 0.269 e. The maximum Gasteiger partial charge on any atom is 0.269 e. The number of ether oxygens (including phenoxy) is 1. The molecule has 0 bridgehead atoms. The fraction of sp³-hybridized carbons (Fsp3) is 0.500. The van der Waals surface area contributed by atoms with E-state index in [2.05, 4.69) is 5.32 Å². The van der Waals surface area contributed by atoms with E-state index in [-0.39, 0.29) is 16.8 Å². The number of hydrogen-bond acceptors (Lipinski definition) is 5. The number of amides is 1. The van der Waals surface area contributed by atoms with Crippen LogP contribution in [-0.2, 0) is 9.53 Å². The first-order chi connectivity index (χ1) is 10.0. The van der Waals surface area contributed by atoms with Crippen molar-refractivity contribution in [3.63, 3.8) is 0 Å². The standard InChI is InChI=1S/C14H20N2O4S/c1-11(12-5-3-6-13(9-12)16(18)19)21-10-14(17)15-7-4-8-20-2/h3,5-6,9,11H,4,7-8,10H2,1-2H3,(H,15,17)/t11-/m0/s1. The zero-order chi connectivity index (χ0) is 15.7. The van der Waals surface area contributed by atoms with E-state index >= 15 is 0 Å². The molecule has 0 saturated carbocycles. The maximum absolute atomic E-state index is 11.6. The van der Waals surface area contributed by atoms with E-state index in [9.17, 15) is 14.9 Å². The number of carbonyl (C=O) groups is 1. The summed E-state index contributed by atoms with van der Waals surface area (Å²) in [4.78, 5) is 22.0. The molecule has 1 aromatic rings. The summed E-state index contributed by atoms with van der Waals surface area (Å²) in [6.45, 7) is 3.15. The Balaban J connectivity index is 2.39. The molecule has 1 amide bonds. The summed E-state index contributed by atoms with van der Waals surface area (Å²) in [6.07, 6.45) is 0.785. The number of nitrogens with zero attached hydrogens (tertiary/aromatic N) is 1. The van der Waals surface area contributed by atoms with Crippen LogP contribution < -0.4 is 5.32 Å². The van der Waals surface area contributed by atoms with Crippen molar-refractivity contribution in [2.45, 2.75) is 18.6 Å². The monoisotopic (exact) mass is 312 g/mol. The van der Waals surface area contributed by atoms with Crippen LogP contribution >= 0.6 is 11.8 Å². The van der Waals surface area contributed by atoms with Gasteiger partial charge < -0.3 is 10.1 Å². The van der Waals surface area contributed by atoms with Crippen molar-refractivity contribution in [3.05, 3.63) is 39.9 Å². The molecule has 0 radical (unpaired) electrons. The van der Waals surface area contributed by atoms with Crippen LogP contribution in [0.4, 0.5) is 5.69 Å². The third-order valence-electron chi connectivity index (χ3n) is 2.86. The highest BCUT2D eigenvalue weighted by molar-refractivity contribution is 8.00. The van der Waals surface area contributed by atoms with E-state index in [1.165, 1.54) is 17.8 Å². The minimum atomic E-state index is -0.413. The Bertz CT molecular complexity index is 482. The summed E-state index contributed by atoms with van der Waals surface area (Å²) >= 11 is 1.46. The van der Waals surface area contributed by atoms with Gasteiger partial charge in [0.1, 0.15) is 0 Å². The van der Waals surface area contributed by atoms with Crippen LogP contribution in [0.25, 0.3) is 0 Å². The van der Waals surface area contributed by atoms with Crippen LogP contribution in [0.1, 0.15) is 24.2 Å². The van der Waals surface area contributed by atoms with Crippen molar-refractivity contribution in [1.29, 1.82) is 0 Å². The Kier molecular flexibility index (Phi) is 7.78. The number of hydrogen-bond donors (Lipinski definition) is 1. The van der Waals surface area contributed by atoms with Crippen molar-refractivity contribution >= 4 is 23.4 Å². The molecule has 6 nitrogen and oxygen atoms in total. The Morgan fingerprint density at radius 3 is 2.95 bits per heavy atom. The first-order valence-electron chi connectivity index (χ1n) is 6.66. The lowest BCUT2D eigenvalue weighted by Gasteiger charge is -2.11. The lowest BCUT2D eigenvalue weighted by Crippen LogP contribution is -2.27. The largest absolute Gasteiger partial charge is 0.385 e. The van der Waals surface area contributed by atoms with Gasteiger partial charge in [0, 0.05) is 37.6 Å². The van der Waals surface area contributed by atoms with Gasteiger partial charge in [-0.1, -0.05) is 12.1 Å². The summed E-state index contributed by atoms with van der Waals surface area (Å²) in [5.74, 6) is 0.296. The van der Waals surface area contributed by atoms with Crippen molar-refractivity contribution in [2.75, 3.05) is 26.0 Å². The fourth-order valence-corrected chi connectivity index (χ4v) is 2.53. The van der Waals surface area contributed by atoms with Gasteiger partial charge in [-0.15, -0.1) is 11.8 Å². The SMILES string of the molecule is COCCCNC(=O)CS[C@@H](C)c1cccc([N+](=O)[O-])c1. The van der Waals surface area contributed by atoms with Gasteiger partial charge in [0.2, 0.25) is 5.91 Å². The van der Waals surface area contributed by atoms with Crippen LogP contribution in [0, 0.1) is 10.1 Å². The predicted octanol–water partition coefficient (Wildman–Crippen LogP) is 2.54. The number of carbonyl (C=O) groups excluding carboxylic acids is 1. The van der Waals surface area contributed by atoms with Gasteiger partial charge in [0.15, 0.2) is 0 Å². The fourth-order valence-electron chi connectivity index (χ4n) is 1.68. The zero-order valence-corrected chi connectivity index (χ0v) is 13.0. The second-order valence-corrected chi connectivity index (χ2v) is 5.83. The number of rotatable bonds is 9. The second-order valence-electron chi connectivity index (χ2n) is 4.50. The molecule has 0 aliphatic carbocycles. The first kappa shape index (κ1) is 17.5. The van der Waals surface area contributed by atoms with Crippen molar-refractivity contribution in [3.8, 4) is 0 Å². The Labute approximate surface area is 128 Å². The molecule has 0 aromatic heterocycles. The van der Waals surface area contributed by atoms with Gasteiger partial charge in [-0.2, -0.15) is 0 Å². The highest BCUT2D eigenvalue weighted by Gasteiger charge is 2.12. The van der Waals surface area contributed by atoms with Crippen molar-refractivity contribution in [1.82, 2.24) is 5.32 Å². The molecule has 0 spiro atoms. The quantitative estimate of drug-likeness (QED) is 0.430. The van der Waals surface area contributed by atoms with E-state index < -0.39 is 4.92 Å². The number of nitro groups is 1. The molecule has 0 unspecified atom stereocenters. The van der Waals surface area contributed by atoms with Crippen LogP contribution in [0.3, 0.4) is 0 Å². The normalized spacial score (nSPS) is 11.9. The lowest BCUT2D eigenvalue weighted by molar-refractivity contribution is -0.384. The number of nitrogens with one attached hydrogen (secondary N) is 1. The van der Waals surface area contributed by atoms with E-state index in [4.69, 9.17) is 4.74 Å². The van der Waals surface area contributed by atoms with Gasteiger partial charge in [-0.3, -0.25) is 14.9 Å². The van der Waals surface area contributed by atoms with Crippen LogP contribution in [0.2, 0.25) is 0 Å². The Morgan fingerprint density at radius 2 is 2.29 bits per heavy atom. The molecule has 0 fully saturated rings. The summed E-state index contributed by atoms with van der Waals surface area (Å²) in [5.41, 5.74) is 0.922. The summed E-state index contributed by atoms with van der Waals surface area (Å²) in [5, 5.41) is 13.6. The maximum atomic E-state index is 11.6. The Hall–Kier alpha value is -1.60. The molecule has 1 aromatic carbocycles. The summed E-state index contributed by atoms with van der Waals surface area (Å²) < 4.78 is 4.90. The molecule has 116 valence electrons. The molecule has 7 heteroatoms. The minimum Gasteiger partial charge on any atom is -0.385 e. The van der Waals surface area contributed by atoms with Crippen molar-refractivity contribution in [2.24, 2.45) is 0 Å². The number of non-ortho nitro benzene ring substituents is 1. The van der Waals surface area contributed by atoms with E-state index in [1.54, 1.807) is 19.2 Å². The van der Waals surface area contributed by atoms with Gasteiger partial charge in [0.25, 0.3) is 5.69 Å². The molecule has 0 aliphatic rings. The molecular weight excluding hydrogens is 292 g/mol. The van der Waals surface area contributed by atoms with E-state index in [0.717, 1.165) is 12.0 Å². The number of benzene rings is 1. The predicted molar refractivity (Wildman–Crippen MR) is 83.5 cm³/mol. The molecule has 21 heavy (non-hydrogen) atoms. The van der Waals surface area contributed by atoms with Gasteiger partial charge in [-0.05, 0) is 18.9 Å². The molecule has 0 heterocycles. The van der Waals surface area contributed by atoms with Crippen molar-refractivity contribution < 1.29 is 14.5 Å². The highest BCUT2D eigenvalue weighted by atomic mass is 32.2. The lowest BCUT2D eigenvalue weighted by atomic mass is 10.1. The number of nitro benzene ring substituents is 1. The van der Waals surface area contributed by atoms with Gasteiger partial charge >= 0.3 is 0 Å². The molecular formula is C14H20N2O4S. The van der Waals surface area contributed by atoms with E-state index in [1.807, 2.05) is 13.0 Å². The topological polar surface area (TPSA) is 81.5 Å². The third-order valence-corrected chi connectivity index (χ3v) is 4.06. The number of methoxy groups -OCH3 is 1. The molecule has 0 aliphatic heterocycles. The zero-order valence-electron chi connectivity index (χ0n) is 12.2. The second kappa shape index (κ2) is 9.36. The van der Waals surface area contributed by atoms with Crippen LogP contribution in [0.15, 0.2) is 24.3 Å². The van der Waals surface area contributed by atoms with E-state index in [0.29, 0.717) is 18.9 Å².